The lowest BCUT2D eigenvalue weighted by Crippen LogP contribution is -2.40. The molecule has 27 heavy (non-hydrogen) atoms. The van der Waals surface area contributed by atoms with Crippen molar-refractivity contribution in [3.63, 3.8) is 0 Å². The van der Waals surface area contributed by atoms with Crippen molar-refractivity contribution in [1.29, 1.82) is 0 Å². The molecule has 1 unspecified atom stereocenters. The molecule has 2 amide bonds. The molecule has 0 aliphatic carbocycles. The first-order chi connectivity index (χ1) is 12.7. The average Bonchev–Trinajstić information content (AvgIpc) is 3.00. The highest BCUT2D eigenvalue weighted by molar-refractivity contribution is 5.83. The molecule has 148 valence electrons. The molecular weight excluding hydrogens is 352 g/mol. The SMILES string of the molecule is CC(C)(C)COC(=O)N1CC(=O)N(Cc2ccc3c(c2)OCO3)CC(O)C1. The van der Waals surface area contributed by atoms with E-state index >= 15 is 0 Å². The molecular formula is C19H26N2O6. The summed E-state index contributed by atoms with van der Waals surface area (Å²) in [5.74, 6) is 1.08. The van der Waals surface area contributed by atoms with E-state index in [9.17, 15) is 14.7 Å². The second-order valence-corrected chi connectivity index (χ2v) is 8.11. The van der Waals surface area contributed by atoms with Gasteiger partial charge in [0.15, 0.2) is 11.5 Å². The number of hydrogen-bond acceptors (Lipinski definition) is 6. The van der Waals surface area contributed by atoms with Crippen LogP contribution >= 0.6 is 0 Å². The summed E-state index contributed by atoms with van der Waals surface area (Å²) in [6.07, 6.45) is -1.42. The van der Waals surface area contributed by atoms with Gasteiger partial charge in [-0.2, -0.15) is 0 Å². The molecule has 1 fully saturated rings. The van der Waals surface area contributed by atoms with Gasteiger partial charge < -0.3 is 24.2 Å². The number of amides is 2. The summed E-state index contributed by atoms with van der Waals surface area (Å²) in [5.41, 5.74) is 0.693. The van der Waals surface area contributed by atoms with E-state index in [0.717, 1.165) is 5.56 Å². The number of benzene rings is 1. The third-order valence-electron chi connectivity index (χ3n) is 4.24. The number of fused-ring (bicyclic) bond motifs is 1. The molecule has 2 aliphatic heterocycles. The van der Waals surface area contributed by atoms with E-state index in [1.54, 1.807) is 11.0 Å². The van der Waals surface area contributed by atoms with E-state index in [2.05, 4.69) is 0 Å². The van der Waals surface area contributed by atoms with Crippen molar-refractivity contribution in [2.75, 3.05) is 33.0 Å². The fraction of sp³-hybridized carbons (Fsp3) is 0.579. The maximum atomic E-state index is 12.6. The summed E-state index contributed by atoms with van der Waals surface area (Å²) in [7, 11) is 0. The lowest BCUT2D eigenvalue weighted by molar-refractivity contribution is -0.132. The van der Waals surface area contributed by atoms with Gasteiger partial charge in [-0.1, -0.05) is 26.8 Å². The molecule has 1 aromatic carbocycles. The van der Waals surface area contributed by atoms with Gasteiger partial charge in [0, 0.05) is 13.1 Å². The van der Waals surface area contributed by atoms with Crippen LogP contribution in [0.4, 0.5) is 4.79 Å². The van der Waals surface area contributed by atoms with Crippen molar-refractivity contribution in [2.45, 2.75) is 33.4 Å². The molecule has 2 heterocycles. The van der Waals surface area contributed by atoms with Crippen LogP contribution in [-0.4, -0.2) is 66.0 Å². The van der Waals surface area contributed by atoms with Crippen LogP contribution in [0.15, 0.2) is 18.2 Å². The van der Waals surface area contributed by atoms with Crippen LogP contribution in [-0.2, 0) is 16.1 Å². The summed E-state index contributed by atoms with van der Waals surface area (Å²) in [6, 6.07) is 5.47. The van der Waals surface area contributed by atoms with Crippen LogP contribution in [0.25, 0.3) is 0 Å². The molecule has 8 heteroatoms. The lowest BCUT2D eigenvalue weighted by atomic mass is 9.99. The second kappa shape index (κ2) is 7.64. The minimum absolute atomic E-state index is 0.0619. The first-order valence-electron chi connectivity index (χ1n) is 8.97. The van der Waals surface area contributed by atoms with Gasteiger partial charge in [0.2, 0.25) is 12.7 Å². The van der Waals surface area contributed by atoms with Gasteiger partial charge in [-0.05, 0) is 23.1 Å². The summed E-state index contributed by atoms with van der Waals surface area (Å²) >= 11 is 0. The summed E-state index contributed by atoms with van der Waals surface area (Å²) in [4.78, 5) is 27.7. The Bertz CT molecular complexity index is 715. The predicted octanol–water partition coefficient (Wildman–Crippen LogP) is 1.60. The van der Waals surface area contributed by atoms with Crippen LogP contribution in [0.2, 0.25) is 0 Å². The molecule has 0 radical (unpaired) electrons. The van der Waals surface area contributed by atoms with E-state index in [1.807, 2.05) is 32.9 Å². The van der Waals surface area contributed by atoms with Crippen LogP contribution in [0.5, 0.6) is 11.5 Å². The fourth-order valence-electron chi connectivity index (χ4n) is 2.92. The molecule has 3 rings (SSSR count). The number of rotatable bonds is 3. The minimum atomic E-state index is -0.840. The van der Waals surface area contributed by atoms with Gasteiger partial charge in [0.25, 0.3) is 0 Å². The topological polar surface area (TPSA) is 88.5 Å². The highest BCUT2D eigenvalue weighted by Crippen LogP contribution is 2.32. The van der Waals surface area contributed by atoms with E-state index in [0.29, 0.717) is 18.0 Å². The molecule has 2 aliphatic rings. The maximum absolute atomic E-state index is 12.6. The van der Waals surface area contributed by atoms with Gasteiger partial charge >= 0.3 is 6.09 Å². The average molecular weight is 378 g/mol. The van der Waals surface area contributed by atoms with Crippen molar-refractivity contribution in [3.05, 3.63) is 23.8 Å². The van der Waals surface area contributed by atoms with Crippen molar-refractivity contribution < 1.29 is 28.9 Å². The Morgan fingerprint density at radius 3 is 2.74 bits per heavy atom. The lowest BCUT2D eigenvalue weighted by Gasteiger charge is -2.24. The third kappa shape index (κ3) is 5.03. The van der Waals surface area contributed by atoms with Crippen LogP contribution in [0, 0.1) is 5.41 Å². The standard InChI is InChI=1S/C19H26N2O6/c1-19(2,3)11-25-18(24)21-9-14(22)8-20(17(23)10-21)7-13-4-5-15-16(6-13)27-12-26-15/h4-6,14,22H,7-12H2,1-3H3. The van der Waals surface area contributed by atoms with Gasteiger partial charge in [-0.25, -0.2) is 4.79 Å². The molecule has 1 aromatic rings. The van der Waals surface area contributed by atoms with Gasteiger partial charge in [-0.3, -0.25) is 9.69 Å². The monoisotopic (exact) mass is 378 g/mol. The number of hydrogen-bond donors (Lipinski definition) is 1. The highest BCUT2D eigenvalue weighted by atomic mass is 16.7. The number of β-amino-alcohol motifs (C(OH)–C–C–N with tert-alkyl or cyclic N) is 1. The number of aliphatic hydroxyl groups excluding tert-OH is 1. The largest absolute Gasteiger partial charge is 0.454 e. The summed E-state index contributed by atoms with van der Waals surface area (Å²) in [6.45, 7) is 6.70. The van der Waals surface area contributed by atoms with Crippen molar-refractivity contribution >= 4 is 12.0 Å². The van der Waals surface area contributed by atoms with Gasteiger partial charge in [-0.15, -0.1) is 0 Å². The number of carbonyl (C=O) groups excluding carboxylic acids is 2. The van der Waals surface area contributed by atoms with E-state index in [4.69, 9.17) is 14.2 Å². The first-order valence-corrected chi connectivity index (χ1v) is 8.97. The number of carbonyl (C=O) groups is 2. The van der Waals surface area contributed by atoms with Crippen LogP contribution in [0.3, 0.4) is 0 Å². The minimum Gasteiger partial charge on any atom is -0.454 e. The number of aliphatic hydroxyl groups is 1. The third-order valence-corrected chi connectivity index (χ3v) is 4.24. The Kier molecular flexibility index (Phi) is 5.46. The molecule has 0 aromatic heterocycles. The molecule has 0 saturated carbocycles. The zero-order valence-corrected chi connectivity index (χ0v) is 15.9. The zero-order chi connectivity index (χ0) is 19.6. The Morgan fingerprint density at radius 2 is 2.00 bits per heavy atom. The summed E-state index contributed by atoms with van der Waals surface area (Å²) < 4.78 is 15.9. The predicted molar refractivity (Wildman–Crippen MR) is 96.4 cm³/mol. The molecule has 1 saturated heterocycles. The summed E-state index contributed by atoms with van der Waals surface area (Å²) in [5, 5.41) is 10.3. The van der Waals surface area contributed by atoms with E-state index in [1.165, 1.54) is 4.90 Å². The van der Waals surface area contributed by atoms with E-state index in [-0.39, 0.29) is 44.4 Å². The van der Waals surface area contributed by atoms with E-state index < -0.39 is 12.2 Å². The highest BCUT2D eigenvalue weighted by Gasteiger charge is 2.31. The first kappa shape index (κ1) is 19.3. The maximum Gasteiger partial charge on any atom is 0.410 e. The number of ether oxygens (including phenoxy) is 3. The second-order valence-electron chi connectivity index (χ2n) is 8.11. The fourth-order valence-corrected chi connectivity index (χ4v) is 2.92. The van der Waals surface area contributed by atoms with Crippen molar-refractivity contribution in [1.82, 2.24) is 9.80 Å². The Hall–Kier alpha value is -2.48. The van der Waals surface area contributed by atoms with Crippen LogP contribution in [0.1, 0.15) is 26.3 Å². The molecule has 0 bridgehead atoms. The van der Waals surface area contributed by atoms with Crippen molar-refractivity contribution in [3.8, 4) is 11.5 Å². The Morgan fingerprint density at radius 1 is 1.26 bits per heavy atom. The normalized spacial score (nSPS) is 19.9. The van der Waals surface area contributed by atoms with Gasteiger partial charge in [0.05, 0.1) is 19.3 Å². The Labute approximate surface area is 158 Å². The zero-order valence-electron chi connectivity index (χ0n) is 15.9. The molecule has 0 spiro atoms. The quantitative estimate of drug-likeness (QED) is 0.860. The molecule has 1 atom stereocenters. The number of nitrogens with zero attached hydrogens (tertiary/aromatic N) is 2. The van der Waals surface area contributed by atoms with Crippen LogP contribution < -0.4 is 9.47 Å². The van der Waals surface area contributed by atoms with Gasteiger partial charge in [0.1, 0.15) is 6.54 Å². The smallest absolute Gasteiger partial charge is 0.410 e. The molecule has 8 nitrogen and oxygen atoms in total. The molecule has 1 N–H and O–H groups in total. The Balaban J connectivity index is 1.63. The van der Waals surface area contributed by atoms with Crippen molar-refractivity contribution in [2.24, 2.45) is 5.41 Å².